The molecule has 0 unspecified atom stereocenters. The summed E-state index contributed by atoms with van der Waals surface area (Å²) >= 11 is 0. The normalized spacial score (nSPS) is 11.7. The molecule has 0 saturated heterocycles. The van der Waals surface area contributed by atoms with E-state index in [9.17, 15) is 4.39 Å². The van der Waals surface area contributed by atoms with E-state index < -0.39 is 0 Å². The van der Waals surface area contributed by atoms with Gasteiger partial charge in [0.15, 0.2) is 0 Å². The van der Waals surface area contributed by atoms with E-state index in [1.807, 2.05) is 24.3 Å². The molecule has 72 valence electrons. The summed E-state index contributed by atoms with van der Waals surface area (Å²) in [7, 11) is 0. The van der Waals surface area contributed by atoms with E-state index in [4.69, 9.17) is 0 Å². The molecular weight excluding hydrogens is 163 g/mol. The predicted octanol–water partition coefficient (Wildman–Crippen LogP) is 3.74. The van der Waals surface area contributed by atoms with Crippen LogP contribution in [0.25, 0.3) is 0 Å². The summed E-state index contributed by atoms with van der Waals surface area (Å²) in [5, 5.41) is 0. The Bertz CT molecular complexity index is 253. The predicted molar refractivity (Wildman–Crippen MR) is 54.4 cm³/mol. The highest BCUT2D eigenvalue weighted by Gasteiger charge is 2.10. The van der Waals surface area contributed by atoms with Crippen molar-refractivity contribution in [3.05, 3.63) is 35.4 Å². The lowest BCUT2D eigenvalue weighted by atomic mass is 9.88. The Morgan fingerprint density at radius 3 is 1.85 bits per heavy atom. The van der Waals surface area contributed by atoms with Gasteiger partial charge in [-0.15, -0.1) is 0 Å². The van der Waals surface area contributed by atoms with Crippen molar-refractivity contribution in [2.75, 3.05) is 0 Å². The molecule has 0 aromatic heterocycles. The van der Waals surface area contributed by atoms with Gasteiger partial charge >= 0.3 is 0 Å². The Kier molecular flexibility index (Phi) is 3.07. The van der Waals surface area contributed by atoms with E-state index in [0.29, 0.717) is 5.41 Å². The quantitative estimate of drug-likeness (QED) is 0.650. The van der Waals surface area contributed by atoms with Gasteiger partial charge in [0, 0.05) is 0 Å². The lowest BCUT2D eigenvalue weighted by molar-refractivity contribution is 0.411. The molecule has 1 aromatic carbocycles. The van der Waals surface area contributed by atoms with Crippen LogP contribution in [0.2, 0.25) is 0 Å². The Morgan fingerprint density at radius 1 is 1.00 bits per heavy atom. The smallest absolute Gasteiger partial charge is 0.115 e. The van der Waals surface area contributed by atoms with Gasteiger partial charge in [0.1, 0.15) is 6.67 Å². The molecule has 0 N–H and O–H groups in total. The maximum Gasteiger partial charge on any atom is 0.115 e. The van der Waals surface area contributed by atoms with Crippen LogP contribution in [-0.4, -0.2) is 0 Å². The third-order valence-electron chi connectivity index (χ3n) is 1.91. The second-order valence-electron chi connectivity index (χ2n) is 4.69. The largest absolute Gasteiger partial charge is 0.246 e. The lowest BCUT2D eigenvalue weighted by Gasteiger charge is -2.17. The zero-order valence-electron chi connectivity index (χ0n) is 8.60. The fourth-order valence-electron chi connectivity index (χ4n) is 1.36. The molecule has 0 fully saturated rings. The molecule has 1 aromatic rings. The standard InChI is InChI=1S/C12H17F/c1-12(2,3)8-10-4-6-11(9-13)7-5-10/h4-7H,8-9H2,1-3H3. The molecule has 0 aliphatic rings. The Hall–Kier alpha value is -0.850. The maximum atomic E-state index is 12.2. The summed E-state index contributed by atoms with van der Waals surface area (Å²) in [6.07, 6.45) is 1.04. The van der Waals surface area contributed by atoms with Crippen molar-refractivity contribution in [1.29, 1.82) is 0 Å². The summed E-state index contributed by atoms with van der Waals surface area (Å²) in [5.74, 6) is 0. The minimum absolute atomic E-state index is 0.303. The van der Waals surface area contributed by atoms with Crippen LogP contribution in [0.1, 0.15) is 31.9 Å². The number of hydrogen-bond acceptors (Lipinski definition) is 0. The summed E-state index contributed by atoms with van der Waals surface area (Å²) < 4.78 is 12.2. The van der Waals surface area contributed by atoms with Crippen LogP contribution in [0, 0.1) is 5.41 Å². The van der Waals surface area contributed by atoms with Crippen LogP contribution in [-0.2, 0) is 13.1 Å². The van der Waals surface area contributed by atoms with Crippen LogP contribution in [0.4, 0.5) is 4.39 Å². The molecule has 1 heteroatoms. The molecule has 0 radical (unpaired) electrons. The lowest BCUT2D eigenvalue weighted by Crippen LogP contribution is -2.08. The highest BCUT2D eigenvalue weighted by Crippen LogP contribution is 2.20. The second kappa shape index (κ2) is 3.91. The zero-order valence-corrected chi connectivity index (χ0v) is 8.60. The van der Waals surface area contributed by atoms with E-state index >= 15 is 0 Å². The third kappa shape index (κ3) is 3.58. The maximum absolute atomic E-state index is 12.2. The van der Waals surface area contributed by atoms with Gasteiger partial charge in [-0.1, -0.05) is 45.0 Å². The Labute approximate surface area is 79.8 Å². The SMILES string of the molecule is CC(C)(C)Cc1ccc(CF)cc1. The average Bonchev–Trinajstić information content (AvgIpc) is 2.03. The van der Waals surface area contributed by atoms with E-state index in [-0.39, 0.29) is 6.67 Å². The van der Waals surface area contributed by atoms with Crippen LogP contribution in [0.3, 0.4) is 0 Å². The summed E-state index contributed by atoms with van der Waals surface area (Å²) in [5.41, 5.74) is 2.35. The van der Waals surface area contributed by atoms with Crippen LogP contribution in [0.15, 0.2) is 24.3 Å². The first kappa shape index (κ1) is 10.2. The molecule has 0 amide bonds. The highest BCUT2D eigenvalue weighted by molar-refractivity contribution is 5.22. The molecule has 0 bridgehead atoms. The van der Waals surface area contributed by atoms with Gasteiger partial charge in [-0.3, -0.25) is 0 Å². The number of benzene rings is 1. The number of rotatable bonds is 2. The summed E-state index contributed by atoms with van der Waals surface area (Å²) in [4.78, 5) is 0. The molecule has 0 aliphatic heterocycles. The molecule has 0 aliphatic carbocycles. The first-order chi connectivity index (χ1) is 6.01. The van der Waals surface area contributed by atoms with Crippen molar-refractivity contribution in [3.63, 3.8) is 0 Å². The van der Waals surface area contributed by atoms with Gasteiger partial charge in [-0.05, 0) is 23.0 Å². The number of alkyl halides is 1. The molecule has 0 saturated carbocycles. The van der Waals surface area contributed by atoms with E-state index in [2.05, 4.69) is 20.8 Å². The van der Waals surface area contributed by atoms with Gasteiger partial charge in [0.2, 0.25) is 0 Å². The van der Waals surface area contributed by atoms with Crippen LogP contribution >= 0.6 is 0 Å². The second-order valence-corrected chi connectivity index (χ2v) is 4.69. The first-order valence-corrected chi connectivity index (χ1v) is 4.65. The monoisotopic (exact) mass is 180 g/mol. The number of halogens is 1. The fraction of sp³-hybridized carbons (Fsp3) is 0.500. The van der Waals surface area contributed by atoms with Gasteiger partial charge in [0.05, 0.1) is 0 Å². The minimum Gasteiger partial charge on any atom is -0.246 e. The molecule has 1 rings (SSSR count). The Morgan fingerprint density at radius 2 is 1.46 bits per heavy atom. The summed E-state index contributed by atoms with van der Waals surface area (Å²) in [6.45, 7) is 6.25. The zero-order chi connectivity index (χ0) is 9.90. The molecule has 0 nitrogen and oxygen atoms in total. The molecule has 0 spiro atoms. The fourth-order valence-corrected chi connectivity index (χ4v) is 1.36. The Balaban J connectivity index is 2.70. The molecule has 13 heavy (non-hydrogen) atoms. The van der Waals surface area contributed by atoms with Crippen molar-refractivity contribution in [1.82, 2.24) is 0 Å². The first-order valence-electron chi connectivity index (χ1n) is 4.65. The van der Waals surface area contributed by atoms with Crippen LogP contribution < -0.4 is 0 Å². The van der Waals surface area contributed by atoms with E-state index in [1.165, 1.54) is 5.56 Å². The molecular formula is C12H17F. The average molecular weight is 180 g/mol. The highest BCUT2D eigenvalue weighted by atomic mass is 19.1. The molecule has 0 heterocycles. The van der Waals surface area contributed by atoms with Gasteiger partial charge in [-0.25, -0.2) is 4.39 Å². The van der Waals surface area contributed by atoms with Crippen molar-refractivity contribution >= 4 is 0 Å². The van der Waals surface area contributed by atoms with Crippen molar-refractivity contribution in [2.24, 2.45) is 5.41 Å². The third-order valence-corrected chi connectivity index (χ3v) is 1.91. The van der Waals surface area contributed by atoms with Gasteiger partial charge in [-0.2, -0.15) is 0 Å². The van der Waals surface area contributed by atoms with Crippen molar-refractivity contribution in [2.45, 2.75) is 33.9 Å². The van der Waals surface area contributed by atoms with E-state index in [1.54, 1.807) is 0 Å². The minimum atomic E-state index is -0.365. The van der Waals surface area contributed by atoms with Gasteiger partial charge < -0.3 is 0 Å². The molecule has 0 atom stereocenters. The summed E-state index contributed by atoms with van der Waals surface area (Å²) in [6, 6.07) is 7.75. The van der Waals surface area contributed by atoms with E-state index in [0.717, 1.165) is 12.0 Å². The topological polar surface area (TPSA) is 0 Å². The van der Waals surface area contributed by atoms with Crippen molar-refractivity contribution < 1.29 is 4.39 Å². The number of hydrogen-bond donors (Lipinski definition) is 0. The van der Waals surface area contributed by atoms with Crippen LogP contribution in [0.5, 0.6) is 0 Å². The van der Waals surface area contributed by atoms with Gasteiger partial charge in [0.25, 0.3) is 0 Å². The van der Waals surface area contributed by atoms with Crippen molar-refractivity contribution in [3.8, 4) is 0 Å².